The van der Waals surface area contributed by atoms with E-state index in [1.54, 1.807) is 0 Å². The fraction of sp³-hybridized carbons (Fsp3) is 0.600. The summed E-state index contributed by atoms with van der Waals surface area (Å²) in [5.74, 6) is 0. The van der Waals surface area contributed by atoms with Gasteiger partial charge in [-0.1, -0.05) is 19.3 Å². The minimum absolute atomic E-state index is 0.109. The van der Waals surface area contributed by atoms with E-state index in [0.29, 0.717) is 5.56 Å². The molecule has 0 bridgehead atoms. The van der Waals surface area contributed by atoms with Gasteiger partial charge in [-0.3, -0.25) is 4.98 Å². The molecule has 2 rings (SSSR count). The highest BCUT2D eigenvalue weighted by molar-refractivity contribution is 5.61. The Labute approximate surface area is 114 Å². The van der Waals surface area contributed by atoms with Crippen molar-refractivity contribution in [2.45, 2.75) is 51.5 Å². The van der Waals surface area contributed by atoms with E-state index in [9.17, 15) is 10.4 Å². The third-order valence-corrected chi connectivity index (χ3v) is 3.95. The molecule has 1 heterocycles. The van der Waals surface area contributed by atoms with Crippen molar-refractivity contribution in [3.05, 3.63) is 23.0 Å². The lowest BCUT2D eigenvalue weighted by Crippen LogP contribution is -2.44. The Morgan fingerprint density at radius 2 is 2.05 bits per heavy atom. The van der Waals surface area contributed by atoms with Crippen LogP contribution in [0.4, 0.5) is 5.69 Å². The van der Waals surface area contributed by atoms with E-state index in [2.05, 4.69) is 16.4 Å². The Morgan fingerprint density at radius 1 is 1.37 bits per heavy atom. The first-order valence-electron chi connectivity index (χ1n) is 6.88. The van der Waals surface area contributed by atoms with Crippen LogP contribution >= 0.6 is 0 Å². The maximum Gasteiger partial charge on any atom is 0.103 e. The second kappa shape index (κ2) is 5.58. The van der Waals surface area contributed by atoms with Gasteiger partial charge in [-0.05, 0) is 32.8 Å². The summed E-state index contributed by atoms with van der Waals surface area (Å²) in [7, 11) is 0. The van der Waals surface area contributed by atoms with Gasteiger partial charge in [-0.2, -0.15) is 5.26 Å². The molecule has 2 N–H and O–H groups in total. The molecule has 1 aromatic heterocycles. The zero-order chi connectivity index (χ0) is 13.9. The molecule has 0 spiro atoms. The number of rotatable bonds is 3. The van der Waals surface area contributed by atoms with Gasteiger partial charge in [-0.15, -0.1) is 0 Å². The minimum Gasteiger partial charge on any atom is -0.394 e. The first-order chi connectivity index (χ1) is 9.10. The fourth-order valence-corrected chi connectivity index (χ4v) is 2.91. The molecular weight excluding hydrogens is 238 g/mol. The topological polar surface area (TPSA) is 68.9 Å². The van der Waals surface area contributed by atoms with Gasteiger partial charge in [0, 0.05) is 5.69 Å². The number of aromatic nitrogens is 1. The largest absolute Gasteiger partial charge is 0.394 e. The van der Waals surface area contributed by atoms with Crippen molar-refractivity contribution in [1.82, 2.24) is 4.98 Å². The SMILES string of the molecule is Cc1cc(NC2(CO)CCCCC2)c(C#N)c(C)n1. The predicted octanol–water partition coefficient (Wildman–Crippen LogP) is 2.68. The number of nitriles is 1. The average molecular weight is 259 g/mol. The molecule has 0 aliphatic heterocycles. The van der Waals surface area contributed by atoms with Crippen LogP contribution in [0.1, 0.15) is 49.1 Å². The molecular formula is C15H21N3O. The molecule has 0 aromatic carbocycles. The molecule has 1 aliphatic rings. The molecule has 102 valence electrons. The molecule has 0 radical (unpaired) electrons. The van der Waals surface area contributed by atoms with Gasteiger partial charge >= 0.3 is 0 Å². The summed E-state index contributed by atoms with van der Waals surface area (Å²) in [6.45, 7) is 3.88. The summed E-state index contributed by atoms with van der Waals surface area (Å²) < 4.78 is 0. The molecule has 0 unspecified atom stereocenters. The third kappa shape index (κ3) is 2.87. The van der Waals surface area contributed by atoms with Crippen molar-refractivity contribution in [3.8, 4) is 6.07 Å². The highest BCUT2D eigenvalue weighted by Gasteiger charge is 2.32. The predicted molar refractivity (Wildman–Crippen MR) is 75.0 cm³/mol. The van der Waals surface area contributed by atoms with Crippen molar-refractivity contribution in [2.24, 2.45) is 0 Å². The maximum atomic E-state index is 9.74. The molecule has 1 fully saturated rings. The molecule has 0 atom stereocenters. The van der Waals surface area contributed by atoms with Crippen LogP contribution in [0, 0.1) is 25.2 Å². The number of pyridine rings is 1. The van der Waals surface area contributed by atoms with Gasteiger partial charge in [0.1, 0.15) is 6.07 Å². The van der Waals surface area contributed by atoms with Crippen LogP contribution in [-0.2, 0) is 0 Å². The Morgan fingerprint density at radius 3 is 2.63 bits per heavy atom. The lowest BCUT2D eigenvalue weighted by molar-refractivity contribution is 0.173. The second-order valence-corrected chi connectivity index (χ2v) is 5.51. The fourth-order valence-electron chi connectivity index (χ4n) is 2.91. The van der Waals surface area contributed by atoms with Crippen LogP contribution in [0.3, 0.4) is 0 Å². The van der Waals surface area contributed by atoms with Crippen molar-refractivity contribution in [2.75, 3.05) is 11.9 Å². The first-order valence-corrected chi connectivity index (χ1v) is 6.88. The number of nitrogens with zero attached hydrogens (tertiary/aromatic N) is 2. The smallest absolute Gasteiger partial charge is 0.103 e. The molecule has 4 nitrogen and oxygen atoms in total. The monoisotopic (exact) mass is 259 g/mol. The quantitative estimate of drug-likeness (QED) is 0.875. The number of aryl methyl sites for hydroxylation is 2. The van der Waals surface area contributed by atoms with Crippen LogP contribution < -0.4 is 5.32 Å². The van der Waals surface area contributed by atoms with Gasteiger partial charge in [0.05, 0.1) is 29.1 Å². The lowest BCUT2D eigenvalue weighted by Gasteiger charge is -2.37. The normalized spacial score (nSPS) is 17.8. The van der Waals surface area contributed by atoms with E-state index in [0.717, 1.165) is 42.8 Å². The Balaban J connectivity index is 2.34. The van der Waals surface area contributed by atoms with Crippen LogP contribution in [0.2, 0.25) is 0 Å². The van der Waals surface area contributed by atoms with Gasteiger partial charge in [0.25, 0.3) is 0 Å². The lowest BCUT2D eigenvalue weighted by atomic mass is 9.82. The highest BCUT2D eigenvalue weighted by Crippen LogP contribution is 2.33. The number of aliphatic hydroxyl groups excluding tert-OH is 1. The number of nitrogens with one attached hydrogen (secondary N) is 1. The Hall–Kier alpha value is -1.60. The zero-order valence-corrected chi connectivity index (χ0v) is 11.7. The summed E-state index contributed by atoms with van der Waals surface area (Å²) in [6.07, 6.45) is 5.38. The minimum atomic E-state index is -0.274. The highest BCUT2D eigenvalue weighted by atomic mass is 16.3. The number of anilines is 1. The summed E-state index contributed by atoms with van der Waals surface area (Å²) >= 11 is 0. The number of hydrogen-bond donors (Lipinski definition) is 2. The van der Waals surface area contributed by atoms with Crippen molar-refractivity contribution in [1.29, 1.82) is 5.26 Å². The van der Waals surface area contributed by atoms with E-state index in [4.69, 9.17) is 0 Å². The van der Waals surface area contributed by atoms with Gasteiger partial charge in [-0.25, -0.2) is 0 Å². The van der Waals surface area contributed by atoms with Crippen molar-refractivity contribution >= 4 is 5.69 Å². The summed E-state index contributed by atoms with van der Waals surface area (Å²) in [6, 6.07) is 4.12. The zero-order valence-electron chi connectivity index (χ0n) is 11.7. The molecule has 1 aromatic rings. The van der Waals surface area contributed by atoms with Crippen LogP contribution in [0.15, 0.2) is 6.07 Å². The molecule has 0 amide bonds. The Kier molecular flexibility index (Phi) is 4.06. The number of aliphatic hydroxyl groups is 1. The standard InChI is InChI=1S/C15H21N3O/c1-11-8-14(13(9-16)12(2)17-11)18-15(10-19)6-4-3-5-7-15/h8,19H,3-7,10H2,1-2H3,(H,17,18). The van der Waals surface area contributed by atoms with E-state index >= 15 is 0 Å². The van der Waals surface area contributed by atoms with E-state index in [-0.39, 0.29) is 12.1 Å². The van der Waals surface area contributed by atoms with Crippen molar-refractivity contribution < 1.29 is 5.11 Å². The summed E-state index contributed by atoms with van der Waals surface area (Å²) in [4.78, 5) is 4.32. The summed E-state index contributed by atoms with van der Waals surface area (Å²) in [5.41, 5.74) is 2.76. The van der Waals surface area contributed by atoms with Crippen LogP contribution in [-0.4, -0.2) is 22.2 Å². The Bertz CT molecular complexity index is 499. The van der Waals surface area contributed by atoms with Crippen LogP contribution in [0.5, 0.6) is 0 Å². The average Bonchev–Trinajstić information content (AvgIpc) is 2.39. The van der Waals surface area contributed by atoms with E-state index in [1.807, 2.05) is 19.9 Å². The number of hydrogen-bond acceptors (Lipinski definition) is 4. The summed E-state index contributed by atoms with van der Waals surface area (Å²) in [5, 5.41) is 22.5. The first kappa shape index (κ1) is 13.8. The molecule has 4 heteroatoms. The van der Waals surface area contributed by atoms with Gasteiger partial charge < -0.3 is 10.4 Å². The van der Waals surface area contributed by atoms with Crippen LogP contribution in [0.25, 0.3) is 0 Å². The van der Waals surface area contributed by atoms with Gasteiger partial charge in [0.15, 0.2) is 0 Å². The molecule has 19 heavy (non-hydrogen) atoms. The van der Waals surface area contributed by atoms with Gasteiger partial charge in [0.2, 0.25) is 0 Å². The third-order valence-electron chi connectivity index (χ3n) is 3.95. The molecule has 0 saturated heterocycles. The van der Waals surface area contributed by atoms with E-state index < -0.39 is 0 Å². The molecule has 1 saturated carbocycles. The van der Waals surface area contributed by atoms with E-state index in [1.165, 1.54) is 6.42 Å². The molecule has 1 aliphatic carbocycles. The van der Waals surface area contributed by atoms with Crippen molar-refractivity contribution in [3.63, 3.8) is 0 Å². The second-order valence-electron chi connectivity index (χ2n) is 5.51. The maximum absolute atomic E-state index is 9.74.